The molecular weight excluding hydrogens is 405 g/mol. The predicted octanol–water partition coefficient (Wildman–Crippen LogP) is 5.49. The lowest BCUT2D eigenvalue weighted by Crippen LogP contribution is -2.12. The van der Waals surface area contributed by atoms with Crippen molar-refractivity contribution in [3.8, 4) is 0 Å². The second-order valence-electron chi connectivity index (χ2n) is 5.26. The van der Waals surface area contributed by atoms with E-state index in [-0.39, 0.29) is 22.4 Å². The first-order chi connectivity index (χ1) is 12.5. The molecule has 146 valence electrons. The number of nitrogens with zero attached hydrogens (tertiary/aromatic N) is 1. The van der Waals surface area contributed by atoms with Crippen molar-refractivity contribution < 1.29 is 26.4 Å². The number of hydrogen-bond acceptors (Lipinski definition) is 5. The van der Waals surface area contributed by atoms with Gasteiger partial charge in [-0.3, -0.25) is 0 Å². The minimum atomic E-state index is -4.48. The van der Waals surface area contributed by atoms with Crippen LogP contribution < -0.4 is 0 Å². The lowest BCUT2D eigenvalue weighted by atomic mass is 10.0. The standard InChI is InChI=1S/C17H15ClF3NO.HNO2S/c1-11(22-23-12(2)13-6-4-3-5-7-13)15-10-14(18)8-9-16(15)17(19,20)21;1-4(2)3/h3-10,12H,1-2H3;1H/b22-11+;. The number of rotatable bonds is 4. The predicted molar refractivity (Wildman–Crippen MR) is 96.2 cm³/mol. The first-order valence-corrected chi connectivity index (χ1v) is 8.90. The summed E-state index contributed by atoms with van der Waals surface area (Å²) in [6.45, 7) is 3.23. The molecule has 0 saturated heterocycles. The number of nitrogens with one attached hydrogen (secondary N) is 1. The highest BCUT2D eigenvalue weighted by Crippen LogP contribution is 2.33. The van der Waals surface area contributed by atoms with Gasteiger partial charge in [-0.15, -0.1) is 0 Å². The fourth-order valence-corrected chi connectivity index (χ4v) is 2.23. The van der Waals surface area contributed by atoms with Crippen LogP contribution in [-0.2, 0) is 21.5 Å². The van der Waals surface area contributed by atoms with Crippen molar-refractivity contribution in [3.05, 3.63) is 70.2 Å². The molecule has 1 unspecified atom stereocenters. The van der Waals surface area contributed by atoms with Crippen LogP contribution in [0.15, 0.2) is 53.7 Å². The van der Waals surface area contributed by atoms with Gasteiger partial charge in [0.2, 0.25) is 0 Å². The second kappa shape index (κ2) is 10.1. The van der Waals surface area contributed by atoms with Crippen molar-refractivity contribution in [2.24, 2.45) is 5.16 Å². The van der Waals surface area contributed by atoms with Crippen molar-refractivity contribution in [2.75, 3.05) is 0 Å². The highest BCUT2D eigenvalue weighted by Gasteiger charge is 2.34. The van der Waals surface area contributed by atoms with Crippen molar-refractivity contribution in [3.63, 3.8) is 0 Å². The van der Waals surface area contributed by atoms with E-state index in [1.165, 1.54) is 19.1 Å². The fourth-order valence-electron chi connectivity index (χ4n) is 2.06. The van der Waals surface area contributed by atoms with Gasteiger partial charge in [-0.2, -0.15) is 26.4 Å². The summed E-state index contributed by atoms with van der Waals surface area (Å²) in [5.41, 5.74) is 0.109. The van der Waals surface area contributed by atoms with Crippen molar-refractivity contribution in [1.82, 2.24) is 0 Å². The fraction of sp³-hybridized carbons (Fsp3) is 0.235. The van der Waals surface area contributed by atoms with Crippen LogP contribution in [0.25, 0.3) is 0 Å². The van der Waals surface area contributed by atoms with E-state index < -0.39 is 22.2 Å². The molecule has 0 bridgehead atoms. The zero-order chi connectivity index (χ0) is 20.6. The summed E-state index contributed by atoms with van der Waals surface area (Å²) in [5.74, 6) is 0. The van der Waals surface area contributed by atoms with Gasteiger partial charge in [-0.05, 0) is 37.6 Å². The maximum Gasteiger partial charge on any atom is 0.417 e. The van der Waals surface area contributed by atoms with E-state index in [0.29, 0.717) is 0 Å². The Kier molecular flexibility index (Phi) is 8.45. The molecule has 2 aromatic rings. The molecule has 0 aliphatic heterocycles. The lowest BCUT2D eigenvalue weighted by Gasteiger charge is -2.14. The van der Waals surface area contributed by atoms with E-state index in [9.17, 15) is 13.2 Å². The van der Waals surface area contributed by atoms with E-state index in [1.54, 1.807) is 6.92 Å². The van der Waals surface area contributed by atoms with Gasteiger partial charge >= 0.3 is 16.7 Å². The molecule has 5 nitrogen and oxygen atoms in total. The molecule has 0 radical (unpaired) electrons. The molecule has 0 fully saturated rings. The molecule has 2 aromatic carbocycles. The Labute approximate surface area is 160 Å². The van der Waals surface area contributed by atoms with Gasteiger partial charge in [0.15, 0.2) is 0 Å². The molecule has 0 amide bonds. The van der Waals surface area contributed by atoms with Crippen LogP contribution in [0.5, 0.6) is 0 Å². The number of benzene rings is 2. The Balaban J connectivity index is 0.000000828. The molecular formula is C17H16ClF3N2O3S. The molecule has 10 heteroatoms. The first kappa shape index (κ1) is 22.7. The van der Waals surface area contributed by atoms with Crippen LogP contribution in [0.3, 0.4) is 0 Å². The van der Waals surface area contributed by atoms with Gasteiger partial charge in [0.05, 0.1) is 11.3 Å². The zero-order valence-electron chi connectivity index (χ0n) is 14.3. The van der Waals surface area contributed by atoms with Crippen LogP contribution in [-0.4, -0.2) is 14.1 Å². The summed E-state index contributed by atoms with van der Waals surface area (Å²) >= 11 is 5.81. The quantitative estimate of drug-likeness (QED) is 0.524. The van der Waals surface area contributed by atoms with E-state index in [1.807, 2.05) is 30.3 Å². The number of alkyl halides is 3. The van der Waals surface area contributed by atoms with Gasteiger partial charge in [-0.25, -0.2) is 0 Å². The summed E-state index contributed by atoms with van der Waals surface area (Å²) in [6, 6.07) is 12.7. The van der Waals surface area contributed by atoms with E-state index in [4.69, 9.17) is 29.6 Å². The number of halogens is 4. The van der Waals surface area contributed by atoms with Gasteiger partial charge in [0.25, 0.3) is 0 Å². The third-order valence-corrected chi connectivity index (χ3v) is 3.53. The minimum Gasteiger partial charge on any atom is -0.388 e. The summed E-state index contributed by atoms with van der Waals surface area (Å²) in [7, 11) is -2.61. The van der Waals surface area contributed by atoms with Crippen molar-refractivity contribution >= 4 is 27.8 Å². The third kappa shape index (κ3) is 7.79. The molecule has 0 aliphatic rings. The highest BCUT2D eigenvalue weighted by molar-refractivity contribution is 7.60. The first-order valence-electron chi connectivity index (χ1n) is 7.45. The molecule has 0 aliphatic carbocycles. The van der Waals surface area contributed by atoms with Crippen LogP contribution in [0.2, 0.25) is 5.02 Å². The van der Waals surface area contributed by atoms with E-state index in [2.05, 4.69) is 5.16 Å². The normalized spacial score (nSPS) is 12.6. The summed E-state index contributed by atoms with van der Waals surface area (Å²) in [4.78, 5) is 5.33. The minimum absolute atomic E-state index is 0.0924. The largest absolute Gasteiger partial charge is 0.417 e. The average Bonchev–Trinajstić information content (AvgIpc) is 2.58. The SMILES string of the molecule is C/C(=N\OC(C)c1ccccc1)c1cc(Cl)ccc1C(F)(F)F.N=S(=O)=O. The van der Waals surface area contributed by atoms with Crippen LogP contribution >= 0.6 is 11.6 Å². The zero-order valence-corrected chi connectivity index (χ0v) is 15.9. The molecule has 0 aromatic heterocycles. The Morgan fingerprint density at radius 2 is 1.74 bits per heavy atom. The van der Waals surface area contributed by atoms with Crippen LogP contribution in [0.4, 0.5) is 13.2 Å². The van der Waals surface area contributed by atoms with Gasteiger partial charge in [0.1, 0.15) is 6.10 Å². The smallest absolute Gasteiger partial charge is 0.388 e. The molecule has 1 N–H and O–H groups in total. The summed E-state index contributed by atoms with van der Waals surface area (Å²) < 4.78 is 62.0. The molecule has 1 atom stereocenters. The Bertz CT molecular complexity index is 895. The Morgan fingerprint density at radius 3 is 2.26 bits per heavy atom. The van der Waals surface area contributed by atoms with Crippen molar-refractivity contribution in [1.29, 1.82) is 4.78 Å². The topological polar surface area (TPSA) is 79.6 Å². The van der Waals surface area contributed by atoms with Crippen LogP contribution in [0, 0.1) is 4.78 Å². The van der Waals surface area contributed by atoms with Gasteiger partial charge in [0, 0.05) is 10.6 Å². The van der Waals surface area contributed by atoms with E-state index >= 15 is 0 Å². The number of oxime groups is 1. The molecule has 2 rings (SSSR count). The maximum absolute atomic E-state index is 13.1. The summed E-state index contributed by atoms with van der Waals surface area (Å²) in [6.07, 6.45) is -4.86. The van der Waals surface area contributed by atoms with Crippen molar-refractivity contribution in [2.45, 2.75) is 26.1 Å². The lowest BCUT2D eigenvalue weighted by molar-refractivity contribution is -0.137. The van der Waals surface area contributed by atoms with Gasteiger partial charge < -0.3 is 4.84 Å². The monoisotopic (exact) mass is 420 g/mol. The average molecular weight is 421 g/mol. The second-order valence-corrected chi connectivity index (χ2v) is 6.16. The maximum atomic E-state index is 13.1. The van der Waals surface area contributed by atoms with E-state index in [0.717, 1.165) is 11.6 Å². The Hall–Kier alpha value is -2.39. The highest BCUT2D eigenvalue weighted by atomic mass is 35.5. The Morgan fingerprint density at radius 1 is 1.19 bits per heavy atom. The number of hydrogen-bond donors (Lipinski definition) is 1. The summed E-state index contributed by atoms with van der Waals surface area (Å²) in [5, 5.41) is 4.05. The van der Waals surface area contributed by atoms with Crippen LogP contribution in [0.1, 0.15) is 36.6 Å². The third-order valence-electron chi connectivity index (χ3n) is 3.29. The molecule has 27 heavy (non-hydrogen) atoms. The molecule has 0 spiro atoms. The molecule has 0 heterocycles. The molecule has 0 saturated carbocycles. The van der Waals surface area contributed by atoms with Gasteiger partial charge in [-0.1, -0.05) is 47.1 Å².